The second-order valence-corrected chi connectivity index (χ2v) is 13.9. The standard InChI is InChI=1S/C30H42N4O6/c1-16(4-9-25(36)37)19-5-6-20-26-21(11-13-30(19,20)3)29(2)12-10-18(14-17(29)15-24(26)35)31-22-7-8-23(34(38)39)28-27(22)32-40-33-28/h7-8,16-21,24,26,31,35H,4-6,9-15H2,1-3H3,(H,36,37)/t16-,17+,18-,19-,20+,21+,24+,26+,29+,30-/m1/s1. The lowest BCUT2D eigenvalue weighted by Gasteiger charge is -2.62. The molecule has 1 heterocycles. The van der Waals surface area contributed by atoms with Crippen LogP contribution < -0.4 is 5.32 Å². The number of aromatic nitrogens is 2. The third kappa shape index (κ3) is 4.28. The Hall–Kier alpha value is -2.75. The quantitative estimate of drug-likeness (QED) is 0.275. The molecule has 0 aliphatic heterocycles. The highest BCUT2D eigenvalue weighted by Crippen LogP contribution is 2.68. The van der Waals surface area contributed by atoms with Crippen molar-refractivity contribution in [3.63, 3.8) is 0 Å². The topological polar surface area (TPSA) is 152 Å². The van der Waals surface area contributed by atoms with Crippen molar-refractivity contribution in [1.29, 1.82) is 0 Å². The molecule has 10 nitrogen and oxygen atoms in total. The van der Waals surface area contributed by atoms with Crippen molar-refractivity contribution in [2.24, 2.45) is 46.3 Å². The Morgan fingerprint density at radius 1 is 1.12 bits per heavy atom. The summed E-state index contributed by atoms with van der Waals surface area (Å²) >= 11 is 0. The van der Waals surface area contributed by atoms with Crippen LogP contribution in [0.25, 0.3) is 11.0 Å². The molecule has 10 heteroatoms. The van der Waals surface area contributed by atoms with Gasteiger partial charge in [0, 0.05) is 18.5 Å². The van der Waals surface area contributed by atoms with E-state index < -0.39 is 10.9 Å². The number of aliphatic hydroxyl groups is 1. The summed E-state index contributed by atoms with van der Waals surface area (Å²) in [6, 6.07) is 3.33. The van der Waals surface area contributed by atoms with Crippen LogP contribution >= 0.6 is 0 Å². The number of anilines is 1. The number of aliphatic carboxylic acids is 1. The van der Waals surface area contributed by atoms with Crippen LogP contribution in [0.3, 0.4) is 0 Å². The molecule has 0 unspecified atom stereocenters. The molecule has 0 amide bonds. The van der Waals surface area contributed by atoms with E-state index in [1.165, 1.54) is 6.07 Å². The van der Waals surface area contributed by atoms with Gasteiger partial charge in [-0.25, -0.2) is 4.63 Å². The number of aliphatic hydroxyl groups excluding tert-OH is 1. The first kappa shape index (κ1) is 27.4. The fourth-order valence-corrected chi connectivity index (χ4v) is 10.2. The van der Waals surface area contributed by atoms with Gasteiger partial charge in [0.15, 0.2) is 5.52 Å². The highest BCUT2D eigenvalue weighted by atomic mass is 16.6. The Morgan fingerprint density at radius 3 is 2.60 bits per heavy atom. The molecule has 40 heavy (non-hydrogen) atoms. The van der Waals surface area contributed by atoms with Crippen LogP contribution in [-0.4, -0.2) is 43.6 Å². The van der Waals surface area contributed by atoms with Crippen molar-refractivity contribution in [3.05, 3.63) is 22.2 Å². The van der Waals surface area contributed by atoms with Crippen LogP contribution in [0.4, 0.5) is 11.4 Å². The number of nitrogens with one attached hydrogen (secondary N) is 1. The van der Waals surface area contributed by atoms with Gasteiger partial charge in [-0.05, 0) is 121 Å². The smallest absolute Gasteiger partial charge is 0.303 e. The van der Waals surface area contributed by atoms with Gasteiger partial charge in [0.25, 0.3) is 0 Å². The Morgan fingerprint density at radius 2 is 1.85 bits per heavy atom. The summed E-state index contributed by atoms with van der Waals surface area (Å²) in [5.41, 5.74) is 1.47. The lowest BCUT2D eigenvalue weighted by Crippen LogP contribution is -2.59. The maximum Gasteiger partial charge on any atom is 0.303 e. The van der Waals surface area contributed by atoms with Gasteiger partial charge < -0.3 is 15.5 Å². The van der Waals surface area contributed by atoms with Crippen LogP contribution in [0, 0.1) is 56.5 Å². The molecule has 1 aromatic heterocycles. The third-order valence-electron chi connectivity index (χ3n) is 12.2. The number of hydrogen-bond donors (Lipinski definition) is 3. The van der Waals surface area contributed by atoms with Gasteiger partial charge >= 0.3 is 11.7 Å². The fourth-order valence-electron chi connectivity index (χ4n) is 10.2. The van der Waals surface area contributed by atoms with Gasteiger partial charge in [0.05, 0.1) is 16.7 Å². The molecule has 3 N–H and O–H groups in total. The van der Waals surface area contributed by atoms with E-state index in [-0.39, 0.29) is 40.6 Å². The summed E-state index contributed by atoms with van der Waals surface area (Å²) in [7, 11) is 0. The van der Waals surface area contributed by atoms with Gasteiger partial charge in [-0.3, -0.25) is 14.9 Å². The predicted octanol–water partition coefficient (Wildman–Crippen LogP) is 6.04. The molecule has 4 aliphatic rings. The van der Waals surface area contributed by atoms with E-state index in [1.807, 2.05) is 0 Å². The minimum Gasteiger partial charge on any atom is -0.481 e. The molecule has 1 aromatic carbocycles. The Kier molecular flexibility index (Phi) is 6.83. The monoisotopic (exact) mass is 554 g/mol. The highest BCUT2D eigenvalue weighted by molar-refractivity contribution is 5.93. The number of rotatable bonds is 7. The van der Waals surface area contributed by atoms with Crippen molar-refractivity contribution in [3.8, 4) is 0 Å². The number of nitro groups is 1. The largest absolute Gasteiger partial charge is 0.481 e. The summed E-state index contributed by atoms with van der Waals surface area (Å²) < 4.78 is 4.85. The number of carboxylic acids is 1. The maximum absolute atomic E-state index is 11.7. The van der Waals surface area contributed by atoms with Gasteiger partial charge in [-0.1, -0.05) is 20.8 Å². The van der Waals surface area contributed by atoms with E-state index in [4.69, 9.17) is 4.63 Å². The Balaban J connectivity index is 1.18. The molecule has 4 fully saturated rings. The maximum atomic E-state index is 11.7. The van der Waals surface area contributed by atoms with E-state index in [9.17, 15) is 25.1 Å². The molecular weight excluding hydrogens is 512 g/mol. The summed E-state index contributed by atoms with van der Waals surface area (Å²) in [5, 5.41) is 43.6. The van der Waals surface area contributed by atoms with Gasteiger partial charge in [-0.15, -0.1) is 0 Å². The normalized spacial score (nSPS) is 39.6. The molecule has 6 rings (SSSR count). The predicted molar refractivity (Wildman–Crippen MR) is 149 cm³/mol. The number of nitrogens with zero attached hydrogens (tertiary/aromatic N) is 3. The Labute approximate surface area is 234 Å². The average molecular weight is 555 g/mol. The van der Waals surface area contributed by atoms with Crippen LogP contribution in [0.5, 0.6) is 0 Å². The summed E-state index contributed by atoms with van der Waals surface area (Å²) in [6.07, 6.45) is 9.07. The first-order valence-electron chi connectivity index (χ1n) is 15.1. The number of nitro benzene ring substituents is 1. The van der Waals surface area contributed by atoms with Gasteiger partial charge in [0.1, 0.15) is 0 Å². The first-order valence-corrected chi connectivity index (χ1v) is 15.1. The molecule has 0 bridgehead atoms. The molecule has 4 aliphatic carbocycles. The van der Waals surface area contributed by atoms with Crippen molar-refractivity contribution in [2.45, 2.75) is 97.1 Å². The fraction of sp³-hybridized carbons (Fsp3) is 0.767. The SMILES string of the molecule is C[C@H](CCC(=O)O)[C@H]1CC[C@H]2[C@@H]3[C@@H](O)C[C@@H]4C[C@H](Nc5ccc([N+](=O)[O-])c6nonc56)CC[C@]4(C)[C@H]3CC[C@]12C. The highest BCUT2D eigenvalue weighted by Gasteiger charge is 2.62. The molecule has 10 atom stereocenters. The molecule has 218 valence electrons. The second kappa shape index (κ2) is 9.96. The van der Waals surface area contributed by atoms with Crippen LogP contribution in [0.2, 0.25) is 0 Å². The van der Waals surface area contributed by atoms with Crippen LogP contribution in [-0.2, 0) is 4.79 Å². The summed E-state index contributed by atoms with van der Waals surface area (Å²) in [5.74, 6) is 1.92. The molecule has 0 spiro atoms. The summed E-state index contributed by atoms with van der Waals surface area (Å²) in [4.78, 5) is 22.1. The van der Waals surface area contributed by atoms with E-state index in [2.05, 4.69) is 36.4 Å². The first-order chi connectivity index (χ1) is 19.0. The number of fused-ring (bicyclic) bond motifs is 6. The lowest BCUT2D eigenvalue weighted by atomic mass is 9.43. The zero-order valence-electron chi connectivity index (χ0n) is 23.7. The minimum atomic E-state index is -0.710. The average Bonchev–Trinajstić information content (AvgIpc) is 3.53. The minimum absolute atomic E-state index is 0.116. The Bertz CT molecular complexity index is 1300. The van der Waals surface area contributed by atoms with Crippen molar-refractivity contribution >= 4 is 28.4 Å². The van der Waals surface area contributed by atoms with E-state index >= 15 is 0 Å². The zero-order chi connectivity index (χ0) is 28.4. The van der Waals surface area contributed by atoms with E-state index in [0.29, 0.717) is 46.7 Å². The van der Waals surface area contributed by atoms with E-state index in [0.717, 1.165) is 57.8 Å². The number of benzene rings is 1. The molecule has 2 aromatic rings. The van der Waals surface area contributed by atoms with Gasteiger partial charge in [-0.2, -0.15) is 0 Å². The zero-order valence-corrected chi connectivity index (χ0v) is 23.7. The molecule has 0 saturated heterocycles. The lowest BCUT2D eigenvalue weighted by molar-refractivity contribution is -0.383. The number of hydrogen-bond acceptors (Lipinski definition) is 8. The van der Waals surface area contributed by atoms with Crippen LogP contribution in [0.15, 0.2) is 16.8 Å². The number of carbonyl (C=O) groups is 1. The van der Waals surface area contributed by atoms with Crippen molar-refractivity contribution < 1.29 is 24.6 Å². The van der Waals surface area contributed by atoms with Crippen molar-refractivity contribution in [1.82, 2.24) is 10.3 Å². The van der Waals surface area contributed by atoms with Crippen molar-refractivity contribution in [2.75, 3.05) is 5.32 Å². The molecule has 0 radical (unpaired) electrons. The second-order valence-electron chi connectivity index (χ2n) is 13.9. The van der Waals surface area contributed by atoms with E-state index in [1.54, 1.807) is 6.07 Å². The summed E-state index contributed by atoms with van der Waals surface area (Å²) in [6.45, 7) is 7.15. The molecule has 4 saturated carbocycles. The van der Waals surface area contributed by atoms with Gasteiger partial charge in [0.2, 0.25) is 5.52 Å². The van der Waals surface area contributed by atoms with Crippen LogP contribution in [0.1, 0.15) is 85.0 Å². The number of non-ortho nitro benzene ring substituents is 1. The molecular formula is C30H42N4O6. The third-order valence-corrected chi connectivity index (χ3v) is 12.2. The number of carboxylic acid groups (broad SMARTS) is 1.